The van der Waals surface area contributed by atoms with E-state index in [-0.39, 0.29) is 24.7 Å². The van der Waals surface area contributed by atoms with E-state index in [1.54, 1.807) is 13.8 Å². The second-order valence-corrected chi connectivity index (χ2v) is 8.49. The zero-order valence-corrected chi connectivity index (χ0v) is 18.0. The molecule has 1 fully saturated rings. The normalized spacial score (nSPS) is 19.0. The average Bonchev–Trinajstić information content (AvgIpc) is 3.01. The molecule has 0 aromatic carbocycles. The molecule has 0 saturated carbocycles. The number of halogens is 3. The Balaban J connectivity index is 2.97. The van der Waals surface area contributed by atoms with Crippen LogP contribution in [0, 0.1) is 11.8 Å². The molecule has 1 aliphatic heterocycles. The van der Waals surface area contributed by atoms with Gasteiger partial charge in [0.15, 0.2) is 5.78 Å². The van der Waals surface area contributed by atoms with Crippen LogP contribution in [0.3, 0.4) is 0 Å². The van der Waals surface area contributed by atoms with Crippen LogP contribution in [0.4, 0.5) is 13.2 Å². The van der Waals surface area contributed by atoms with Crippen molar-refractivity contribution in [2.24, 2.45) is 11.8 Å². The number of hydrogen-bond acceptors (Lipinski definition) is 6. The Morgan fingerprint density at radius 3 is 2.26 bits per heavy atom. The van der Waals surface area contributed by atoms with E-state index >= 15 is 0 Å². The monoisotopic (exact) mass is 453 g/mol. The van der Waals surface area contributed by atoms with Crippen molar-refractivity contribution in [3.05, 3.63) is 0 Å². The fraction of sp³-hybridized carbons (Fsp3) is 0.789. The van der Waals surface area contributed by atoms with Crippen molar-refractivity contribution in [2.45, 2.75) is 71.0 Å². The predicted molar refractivity (Wildman–Crippen MR) is 102 cm³/mol. The minimum absolute atomic E-state index is 0.0684. The van der Waals surface area contributed by atoms with Gasteiger partial charge in [-0.05, 0) is 39.0 Å². The highest BCUT2D eigenvalue weighted by Gasteiger charge is 2.36. The molecule has 0 aliphatic carbocycles. The van der Waals surface area contributed by atoms with Crippen molar-refractivity contribution < 1.29 is 42.2 Å². The summed E-state index contributed by atoms with van der Waals surface area (Å²) in [6.07, 6.45) is -4.72. The lowest BCUT2D eigenvalue weighted by molar-refractivity contribution is -0.321. The summed E-state index contributed by atoms with van der Waals surface area (Å²) in [6.45, 7) is 5.04. The molecule has 0 aromatic heterocycles. The van der Waals surface area contributed by atoms with Gasteiger partial charge in [-0.15, -0.1) is 13.2 Å². The third kappa shape index (κ3) is 9.64. The van der Waals surface area contributed by atoms with Gasteiger partial charge in [-0.25, -0.2) is 0 Å². The molecule has 0 aromatic rings. The molecule has 178 valence electrons. The molecule has 1 rings (SSSR count). The van der Waals surface area contributed by atoms with E-state index < -0.39 is 54.2 Å². The van der Waals surface area contributed by atoms with Gasteiger partial charge in [-0.2, -0.15) is 0 Å². The Morgan fingerprint density at radius 2 is 1.81 bits per heavy atom. The van der Waals surface area contributed by atoms with Gasteiger partial charge >= 0.3 is 6.36 Å². The van der Waals surface area contributed by atoms with Gasteiger partial charge in [0, 0.05) is 12.5 Å². The summed E-state index contributed by atoms with van der Waals surface area (Å²) in [5.74, 6) is -3.78. The number of amides is 3. The molecule has 12 heteroatoms. The van der Waals surface area contributed by atoms with Gasteiger partial charge in [0.25, 0.3) is 5.91 Å². The Hall–Kier alpha value is -2.21. The van der Waals surface area contributed by atoms with E-state index in [0.29, 0.717) is 13.0 Å². The van der Waals surface area contributed by atoms with E-state index in [0.717, 1.165) is 0 Å². The minimum atomic E-state index is -5.03. The molecule has 31 heavy (non-hydrogen) atoms. The number of Topliss-reactive ketones (excluding diaryl/α,β-unsaturated/α-hetero) is 1. The molecule has 0 spiro atoms. The van der Waals surface area contributed by atoms with Crippen molar-refractivity contribution >= 4 is 23.5 Å². The summed E-state index contributed by atoms with van der Waals surface area (Å²) >= 11 is 0. The molecule has 1 heterocycles. The van der Waals surface area contributed by atoms with E-state index in [1.165, 1.54) is 13.8 Å². The van der Waals surface area contributed by atoms with Crippen LogP contribution >= 0.6 is 0 Å². The third-order valence-corrected chi connectivity index (χ3v) is 4.65. The summed E-state index contributed by atoms with van der Waals surface area (Å²) in [4.78, 5) is 49.1. The highest BCUT2D eigenvalue weighted by molar-refractivity contribution is 5.95. The number of rotatable bonds is 11. The van der Waals surface area contributed by atoms with Crippen molar-refractivity contribution in [1.82, 2.24) is 16.0 Å². The van der Waals surface area contributed by atoms with E-state index in [9.17, 15) is 37.5 Å². The molecule has 1 aliphatic rings. The molecule has 0 unspecified atom stereocenters. The zero-order valence-electron chi connectivity index (χ0n) is 18.0. The maximum Gasteiger partial charge on any atom is 0.522 e. The van der Waals surface area contributed by atoms with Crippen LogP contribution in [0.15, 0.2) is 0 Å². The number of carbonyl (C=O) groups excluding carboxylic acids is 4. The SMILES string of the molecule is CC(C)C[C@H](NC(=O)C(C)(C)O)C(=O)N[C@@H](C[C@@H]1CCNC1=O)C(=O)COC(F)(F)F. The van der Waals surface area contributed by atoms with Crippen LogP contribution in [0.1, 0.15) is 47.0 Å². The number of ether oxygens (including phenoxy) is 1. The lowest BCUT2D eigenvalue weighted by Crippen LogP contribution is -2.56. The van der Waals surface area contributed by atoms with E-state index in [4.69, 9.17) is 0 Å². The fourth-order valence-corrected chi connectivity index (χ4v) is 2.99. The summed E-state index contributed by atoms with van der Waals surface area (Å²) in [6, 6.07) is -2.56. The lowest BCUT2D eigenvalue weighted by atomic mass is 9.95. The van der Waals surface area contributed by atoms with Crippen molar-refractivity contribution in [2.75, 3.05) is 13.2 Å². The largest absolute Gasteiger partial charge is 0.522 e. The van der Waals surface area contributed by atoms with Gasteiger partial charge in [-0.1, -0.05) is 13.8 Å². The van der Waals surface area contributed by atoms with Crippen molar-refractivity contribution in [1.29, 1.82) is 0 Å². The van der Waals surface area contributed by atoms with Gasteiger partial charge in [0.05, 0.1) is 6.04 Å². The standard InChI is InChI=1S/C19H30F3N3O6/c1-10(2)7-13(25-17(29)18(3,4)30)16(28)24-12(8-11-5-6-23-15(11)27)14(26)9-31-19(20,21)22/h10-13,30H,5-9H2,1-4H3,(H,23,27)(H,24,28)(H,25,29)/t11-,12-,13-/m0/s1. The number of aliphatic hydroxyl groups is 1. The van der Waals surface area contributed by atoms with Gasteiger partial charge in [0.2, 0.25) is 11.8 Å². The van der Waals surface area contributed by atoms with Crippen LogP contribution in [0.25, 0.3) is 0 Å². The maximum atomic E-state index is 12.8. The fourth-order valence-electron chi connectivity index (χ4n) is 2.99. The molecule has 3 atom stereocenters. The quantitative estimate of drug-likeness (QED) is 0.358. The summed E-state index contributed by atoms with van der Waals surface area (Å²) in [5.41, 5.74) is -1.77. The maximum absolute atomic E-state index is 12.8. The molecular formula is C19H30F3N3O6. The first-order valence-corrected chi connectivity index (χ1v) is 9.95. The number of ketones is 1. The number of hydrogen-bond donors (Lipinski definition) is 4. The second kappa shape index (κ2) is 10.9. The Bertz CT molecular complexity index is 676. The first-order valence-electron chi connectivity index (χ1n) is 9.95. The van der Waals surface area contributed by atoms with Crippen LogP contribution in [-0.4, -0.2) is 65.8 Å². The van der Waals surface area contributed by atoms with Crippen LogP contribution in [-0.2, 0) is 23.9 Å². The smallest absolute Gasteiger partial charge is 0.381 e. The van der Waals surface area contributed by atoms with E-state index in [2.05, 4.69) is 20.7 Å². The first-order chi connectivity index (χ1) is 14.1. The van der Waals surface area contributed by atoms with Crippen LogP contribution in [0.2, 0.25) is 0 Å². The molecule has 3 amide bonds. The van der Waals surface area contributed by atoms with Crippen molar-refractivity contribution in [3.8, 4) is 0 Å². The van der Waals surface area contributed by atoms with Gasteiger partial charge in [-0.3, -0.25) is 23.9 Å². The average molecular weight is 453 g/mol. The Labute approximate surface area is 178 Å². The van der Waals surface area contributed by atoms with Crippen molar-refractivity contribution in [3.63, 3.8) is 0 Å². The van der Waals surface area contributed by atoms with Crippen LogP contribution in [0.5, 0.6) is 0 Å². The summed E-state index contributed by atoms with van der Waals surface area (Å²) in [7, 11) is 0. The zero-order chi connectivity index (χ0) is 24.0. The molecule has 0 radical (unpaired) electrons. The highest BCUT2D eigenvalue weighted by atomic mass is 19.4. The minimum Gasteiger partial charge on any atom is -0.381 e. The molecule has 9 nitrogen and oxygen atoms in total. The third-order valence-electron chi connectivity index (χ3n) is 4.65. The van der Waals surface area contributed by atoms with E-state index in [1.807, 2.05) is 0 Å². The summed E-state index contributed by atoms with van der Waals surface area (Å²) in [5, 5.41) is 17.1. The number of carbonyl (C=O) groups is 4. The first kappa shape index (κ1) is 26.8. The number of alkyl halides is 3. The van der Waals surface area contributed by atoms with Crippen LogP contribution < -0.4 is 16.0 Å². The highest BCUT2D eigenvalue weighted by Crippen LogP contribution is 2.20. The summed E-state index contributed by atoms with van der Waals surface area (Å²) < 4.78 is 40.6. The lowest BCUT2D eigenvalue weighted by Gasteiger charge is -2.27. The molecule has 0 bridgehead atoms. The Kier molecular flexibility index (Phi) is 9.43. The molecule has 4 N–H and O–H groups in total. The second-order valence-electron chi connectivity index (χ2n) is 8.49. The van der Waals surface area contributed by atoms with Gasteiger partial charge < -0.3 is 21.1 Å². The number of nitrogens with one attached hydrogen (secondary N) is 3. The molecule has 1 saturated heterocycles. The molecular weight excluding hydrogens is 423 g/mol. The Morgan fingerprint density at radius 1 is 1.19 bits per heavy atom. The predicted octanol–water partition coefficient (Wildman–Crippen LogP) is 0.405. The topological polar surface area (TPSA) is 134 Å². The van der Waals surface area contributed by atoms with Gasteiger partial charge in [0.1, 0.15) is 18.2 Å².